The van der Waals surface area contributed by atoms with E-state index in [0.717, 1.165) is 41.8 Å². The molecule has 4 nitrogen and oxygen atoms in total. The Bertz CT molecular complexity index is 594. The zero-order valence-electron chi connectivity index (χ0n) is 13.0. The van der Waals surface area contributed by atoms with Crippen molar-refractivity contribution < 1.29 is 4.74 Å². The third kappa shape index (κ3) is 3.39. The van der Waals surface area contributed by atoms with Gasteiger partial charge in [0.2, 0.25) is 5.88 Å². The van der Waals surface area contributed by atoms with Crippen LogP contribution in [0.2, 0.25) is 0 Å². The fourth-order valence-corrected chi connectivity index (χ4v) is 2.43. The lowest BCUT2D eigenvalue weighted by molar-refractivity contribution is 0.445. The second-order valence-corrected chi connectivity index (χ2v) is 4.92. The number of rotatable bonds is 6. The number of aromatic nitrogens is 2. The molecule has 2 aromatic rings. The molecule has 112 valence electrons. The molecule has 0 unspecified atom stereocenters. The van der Waals surface area contributed by atoms with Crippen LogP contribution in [0.3, 0.4) is 0 Å². The van der Waals surface area contributed by atoms with Gasteiger partial charge in [-0.2, -0.15) is 5.10 Å². The third-order valence-corrected chi connectivity index (χ3v) is 3.67. The van der Waals surface area contributed by atoms with Crippen LogP contribution in [0.4, 0.5) is 0 Å². The van der Waals surface area contributed by atoms with Gasteiger partial charge in [0.1, 0.15) is 5.75 Å². The molecule has 0 bridgehead atoms. The SMILES string of the molecule is CCc1ccc(Oc2nnc(CC)c(CC)c2CN)cc1. The maximum Gasteiger partial charge on any atom is 0.243 e. The summed E-state index contributed by atoms with van der Waals surface area (Å²) in [6.07, 6.45) is 2.75. The number of hydrogen-bond acceptors (Lipinski definition) is 4. The van der Waals surface area contributed by atoms with Crippen molar-refractivity contribution in [3.05, 3.63) is 46.6 Å². The Morgan fingerprint density at radius 3 is 2.14 bits per heavy atom. The van der Waals surface area contributed by atoms with Crippen LogP contribution in [-0.4, -0.2) is 10.2 Å². The van der Waals surface area contributed by atoms with E-state index in [1.807, 2.05) is 12.1 Å². The first kappa shape index (κ1) is 15.4. The van der Waals surface area contributed by atoms with Crippen molar-refractivity contribution in [2.24, 2.45) is 5.73 Å². The zero-order valence-corrected chi connectivity index (χ0v) is 13.0. The van der Waals surface area contributed by atoms with Gasteiger partial charge in [-0.1, -0.05) is 32.9 Å². The molecular formula is C17H23N3O. The molecule has 1 aromatic carbocycles. The summed E-state index contributed by atoms with van der Waals surface area (Å²) in [5.41, 5.74) is 10.3. The Morgan fingerprint density at radius 2 is 1.62 bits per heavy atom. The molecule has 21 heavy (non-hydrogen) atoms. The smallest absolute Gasteiger partial charge is 0.243 e. The number of nitrogens with zero attached hydrogens (tertiary/aromatic N) is 2. The molecule has 2 rings (SSSR count). The topological polar surface area (TPSA) is 61.0 Å². The minimum Gasteiger partial charge on any atom is -0.437 e. The van der Waals surface area contributed by atoms with Crippen molar-refractivity contribution in [2.75, 3.05) is 0 Å². The van der Waals surface area contributed by atoms with E-state index >= 15 is 0 Å². The number of ether oxygens (including phenoxy) is 1. The summed E-state index contributed by atoms with van der Waals surface area (Å²) in [6, 6.07) is 8.04. The molecule has 0 radical (unpaired) electrons. The summed E-state index contributed by atoms with van der Waals surface area (Å²) in [5, 5.41) is 8.49. The number of hydrogen-bond donors (Lipinski definition) is 1. The molecule has 4 heteroatoms. The van der Waals surface area contributed by atoms with E-state index < -0.39 is 0 Å². The molecule has 0 saturated heterocycles. The van der Waals surface area contributed by atoms with Crippen molar-refractivity contribution in [2.45, 2.75) is 46.6 Å². The van der Waals surface area contributed by atoms with Crippen molar-refractivity contribution in [1.82, 2.24) is 10.2 Å². The molecule has 2 N–H and O–H groups in total. The van der Waals surface area contributed by atoms with Crippen LogP contribution in [0.1, 0.15) is 43.2 Å². The molecule has 0 amide bonds. The summed E-state index contributed by atoms with van der Waals surface area (Å²) in [5.74, 6) is 1.29. The summed E-state index contributed by atoms with van der Waals surface area (Å²) in [6.45, 7) is 6.72. The molecule has 0 saturated carbocycles. The van der Waals surface area contributed by atoms with Crippen LogP contribution >= 0.6 is 0 Å². The first-order chi connectivity index (χ1) is 10.2. The number of benzene rings is 1. The quantitative estimate of drug-likeness (QED) is 0.883. The van der Waals surface area contributed by atoms with Crippen LogP contribution < -0.4 is 10.5 Å². The van der Waals surface area contributed by atoms with Gasteiger partial charge in [0.05, 0.1) is 5.69 Å². The Balaban J connectivity index is 2.34. The Hall–Kier alpha value is -1.94. The van der Waals surface area contributed by atoms with Gasteiger partial charge in [-0.05, 0) is 42.5 Å². The van der Waals surface area contributed by atoms with Crippen LogP contribution in [-0.2, 0) is 25.8 Å². The van der Waals surface area contributed by atoms with Crippen LogP contribution in [0.5, 0.6) is 11.6 Å². The lowest BCUT2D eigenvalue weighted by atomic mass is 10.0. The van der Waals surface area contributed by atoms with Gasteiger partial charge >= 0.3 is 0 Å². The monoisotopic (exact) mass is 285 g/mol. The highest BCUT2D eigenvalue weighted by Crippen LogP contribution is 2.27. The largest absolute Gasteiger partial charge is 0.437 e. The molecule has 0 spiro atoms. The lowest BCUT2D eigenvalue weighted by Crippen LogP contribution is -2.10. The summed E-state index contributed by atoms with van der Waals surface area (Å²) < 4.78 is 5.89. The van der Waals surface area contributed by atoms with Gasteiger partial charge in [0, 0.05) is 12.1 Å². The van der Waals surface area contributed by atoms with Crippen molar-refractivity contribution in [1.29, 1.82) is 0 Å². The highest BCUT2D eigenvalue weighted by molar-refractivity contribution is 5.40. The minimum atomic E-state index is 0.411. The predicted molar refractivity (Wildman–Crippen MR) is 84.6 cm³/mol. The summed E-state index contributed by atoms with van der Waals surface area (Å²) >= 11 is 0. The molecule has 0 atom stereocenters. The molecule has 0 aliphatic carbocycles. The maximum atomic E-state index is 5.90. The second kappa shape index (κ2) is 7.18. The Morgan fingerprint density at radius 1 is 0.905 bits per heavy atom. The van der Waals surface area contributed by atoms with Gasteiger partial charge < -0.3 is 10.5 Å². The van der Waals surface area contributed by atoms with E-state index in [1.54, 1.807) is 0 Å². The highest BCUT2D eigenvalue weighted by atomic mass is 16.5. The summed E-state index contributed by atoms with van der Waals surface area (Å²) in [4.78, 5) is 0. The van der Waals surface area contributed by atoms with E-state index in [-0.39, 0.29) is 0 Å². The van der Waals surface area contributed by atoms with E-state index in [2.05, 4.69) is 43.1 Å². The van der Waals surface area contributed by atoms with Gasteiger partial charge in [-0.25, -0.2) is 0 Å². The van der Waals surface area contributed by atoms with E-state index in [4.69, 9.17) is 10.5 Å². The van der Waals surface area contributed by atoms with Crippen molar-refractivity contribution in [3.8, 4) is 11.6 Å². The molecule has 1 aromatic heterocycles. The van der Waals surface area contributed by atoms with E-state index in [9.17, 15) is 0 Å². The first-order valence-electron chi connectivity index (χ1n) is 7.57. The molecule has 0 fully saturated rings. The lowest BCUT2D eigenvalue weighted by Gasteiger charge is -2.14. The standard InChI is InChI=1S/C17H23N3O/c1-4-12-7-9-13(10-8-12)21-17-15(11-18)14(5-2)16(6-3)19-20-17/h7-10H,4-6,11,18H2,1-3H3. The fourth-order valence-electron chi connectivity index (χ4n) is 2.43. The maximum absolute atomic E-state index is 5.90. The Labute approximate surface area is 126 Å². The highest BCUT2D eigenvalue weighted by Gasteiger charge is 2.14. The van der Waals surface area contributed by atoms with E-state index in [0.29, 0.717) is 12.4 Å². The molecule has 1 heterocycles. The third-order valence-electron chi connectivity index (χ3n) is 3.67. The van der Waals surface area contributed by atoms with Crippen LogP contribution in [0.15, 0.2) is 24.3 Å². The van der Waals surface area contributed by atoms with Crippen LogP contribution in [0, 0.1) is 0 Å². The van der Waals surface area contributed by atoms with Gasteiger partial charge in [0.15, 0.2) is 0 Å². The zero-order chi connectivity index (χ0) is 15.2. The van der Waals surface area contributed by atoms with Gasteiger partial charge in [0.25, 0.3) is 0 Å². The predicted octanol–water partition coefficient (Wildman–Crippen LogP) is 3.41. The average molecular weight is 285 g/mol. The van der Waals surface area contributed by atoms with Gasteiger partial charge in [-0.15, -0.1) is 5.10 Å². The fraction of sp³-hybridized carbons (Fsp3) is 0.412. The van der Waals surface area contributed by atoms with Crippen molar-refractivity contribution >= 4 is 0 Å². The number of nitrogens with two attached hydrogens (primary N) is 1. The Kier molecular flexibility index (Phi) is 5.28. The second-order valence-electron chi connectivity index (χ2n) is 4.92. The van der Waals surface area contributed by atoms with E-state index in [1.165, 1.54) is 5.56 Å². The molecule has 0 aliphatic rings. The molecular weight excluding hydrogens is 262 g/mol. The van der Waals surface area contributed by atoms with Gasteiger partial charge in [-0.3, -0.25) is 0 Å². The number of aryl methyl sites for hydroxylation is 2. The molecule has 0 aliphatic heterocycles. The average Bonchev–Trinajstić information content (AvgIpc) is 2.54. The van der Waals surface area contributed by atoms with Crippen molar-refractivity contribution in [3.63, 3.8) is 0 Å². The normalized spacial score (nSPS) is 10.7. The minimum absolute atomic E-state index is 0.411. The van der Waals surface area contributed by atoms with Crippen LogP contribution in [0.25, 0.3) is 0 Å². The summed E-state index contributed by atoms with van der Waals surface area (Å²) in [7, 11) is 0. The first-order valence-corrected chi connectivity index (χ1v) is 7.57.